The molecule has 0 radical (unpaired) electrons. The van der Waals surface area contributed by atoms with Crippen molar-refractivity contribution in [3.8, 4) is 22.5 Å². The topological polar surface area (TPSA) is 31.3 Å². The Bertz CT molecular complexity index is 2560. The molecule has 3 heterocycles. The van der Waals surface area contributed by atoms with Crippen LogP contribution in [-0.4, -0.2) is 13.5 Å². The Balaban J connectivity index is 1.56. The minimum absolute atomic E-state index is 0.0413. The summed E-state index contributed by atoms with van der Waals surface area (Å²) in [6.07, 6.45) is 0. The second-order valence-corrected chi connectivity index (χ2v) is 11.0. The SMILES string of the molecule is O=c1c2c(-c3ccccc3)c3cc4c(cc3n2c2ccccc2n1-c1ccccc1)c1ccccc1n4-c1ccccc1. The van der Waals surface area contributed by atoms with Crippen LogP contribution in [-0.2, 0) is 0 Å². The number of hydrogen-bond acceptors (Lipinski definition) is 1. The number of hydrogen-bond donors (Lipinski definition) is 0. The Hall–Kier alpha value is -5.87. The van der Waals surface area contributed by atoms with Crippen LogP contribution in [0, 0.1) is 0 Å². The highest BCUT2D eigenvalue weighted by Crippen LogP contribution is 2.41. The van der Waals surface area contributed by atoms with Gasteiger partial charge < -0.3 is 8.97 Å². The van der Waals surface area contributed by atoms with E-state index < -0.39 is 0 Å². The first-order chi connectivity index (χ1) is 21.3. The minimum Gasteiger partial charge on any atom is -0.309 e. The van der Waals surface area contributed by atoms with E-state index in [1.54, 1.807) is 0 Å². The third-order valence-electron chi connectivity index (χ3n) is 8.62. The summed E-state index contributed by atoms with van der Waals surface area (Å²) in [7, 11) is 0. The Morgan fingerprint density at radius 3 is 1.63 bits per heavy atom. The van der Waals surface area contributed by atoms with Gasteiger partial charge in [-0.05, 0) is 60.2 Å². The van der Waals surface area contributed by atoms with Gasteiger partial charge in [-0.3, -0.25) is 9.36 Å². The molecule has 0 unspecified atom stereocenters. The van der Waals surface area contributed by atoms with Crippen LogP contribution >= 0.6 is 0 Å². The fourth-order valence-corrected chi connectivity index (χ4v) is 6.84. The van der Waals surface area contributed by atoms with E-state index in [0.717, 1.165) is 60.9 Å². The zero-order chi connectivity index (χ0) is 28.5. The molecule has 4 heteroatoms. The molecular formula is C39H25N3O. The molecule has 0 aliphatic heterocycles. The molecule has 3 aromatic heterocycles. The largest absolute Gasteiger partial charge is 0.309 e. The van der Waals surface area contributed by atoms with E-state index in [2.05, 4.69) is 93.9 Å². The molecule has 0 saturated heterocycles. The standard InChI is InChI=1S/C39H25N3O/c43-39-38-37(26-14-4-1-5-15-26)31-25-35-30(29-20-10-11-21-32(29)40(35)27-16-6-2-7-17-27)24-36(31)42(38)34-23-13-12-22-33(34)41(39)28-18-8-3-9-19-28/h1-25H. The molecular weight excluding hydrogens is 526 g/mol. The van der Waals surface area contributed by atoms with Crippen LogP contribution in [0.25, 0.3) is 71.8 Å². The monoisotopic (exact) mass is 551 g/mol. The Morgan fingerprint density at radius 2 is 0.930 bits per heavy atom. The van der Waals surface area contributed by atoms with E-state index in [4.69, 9.17) is 0 Å². The lowest BCUT2D eigenvalue weighted by Gasteiger charge is -2.14. The lowest BCUT2D eigenvalue weighted by Crippen LogP contribution is -2.21. The van der Waals surface area contributed by atoms with Gasteiger partial charge in [0.25, 0.3) is 5.56 Å². The van der Waals surface area contributed by atoms with Gasteiger partial charge in [0.2, 0.25) is 0 Å². The first-order valence-corrected chi connectivity index (χ1v) is 14.5. The van der Waals surface area contributed by atoms with Gasteiger partial charge >= 0.3 is 0 Å². The number of benzene rings is 6. The summed E-state index contributed by atoms with van der Waals surface area (Å²) >= 11 is 0. The van der Waals surface area contributed by atoms with Gasteiger partial charge in [0.15, 0.2) is 0 Å². The second-order valence-electron chi connectivity index (χ2n) is 11.0. The third kappa shape index (κ3) is 3.35. The van der Waals surface area contributed by atoms with Crippen molar-refractivity contribution in [2.45, 2.75) is 0 Å². The summed E-state index contributed by atoms with van der Waals surface area (Å²) in [6.45, 7) is 0. The van der Waals surface area contributed by atoms with Gasteiger partial charge in [-0.1, -0.05) is 97.1 Å². The molecule has 0 amide bonds. The molecule has 0 saturated carbocycles. The molecule has 202 valence electrons. The summed E-state index contributed by atoms with van der Waals surface area (Å²) in [5, 5.41) is 3.38. The summed E-state index contributed by atoms with van der Waals surface area (Å²) in [5.74, 6) is 0. The van der Waals surface area contributed by atoms with Crippen molar-refractivity contribution >= 4 is 49.3 Å². The normalized spacial score (nSPS) is 11.8. The van der Waals surface area contributed by atoms with Crippen LogP contribution in [0.2, 0.25) is 0 Å². The quantitative estimate of drug-likeness (QED) is 0.215. The van der Waals surface area contributed by atoms with Crippen LogP contribution < -0.4 is 5.56 Å². The molecule has 0 bridgehead atoms. The molecule has 0 fully saturated rings. The highest BCUT2D eigenvalue weighted by molar-refractivity contribution is 6.18. The lowest BCUT2D eigenvalue weighted by molar-refractivity contribution is 1.03. The average molecular weight is 552 g/mol. The first kappa shape index (κ1) is 23.8. The maximum absolute atomic E-state index is 14.8. The highest BCUT2D eigenvalue weighted by Gasteiger charge is 2.24. The van der Waals surface area contributed by atoms with Crippen molar-refractivity contribution in [3.05, 3.63) is 162 Å². The molecule has 9 rings (SSSR count). The fourth-order valence-electron chi connectivity index (χ4n) is 6.84. The van der Waals surface area contributed by atoms with E-state index in [9.17, 15) is 4.79 Å². The smallest absolute Gasteiger partial charge is 0.280 e. The lowest BCUT2D eigenvalue weighted by atomic mass is 10.0. The van der Waals surface area contributed by atoms with E-state index in [-0.39, 0.29) is 5.56 Å². The van der Waals surface area contributed by atoms with Crippen molar-refractivity contribution in [2.75, 3.05) is 0 Å². The second kappa shape index (κ2) is 9.07. The van der Waals surface area contributed by atoms with Gasteiger partial charge in [0, 0.05) is 33.1 Å². The highest BCUT2D eigenvalue weighted by atomic mass is 16.1. The van der Waals surface area contributed by atoms with Crippen LogP contribution in [0.1, 0.15) is 0 Å². The molecule has 4 nitrogen and oxygen atoms in total. The van der Waals surface area contributed by atoms with E-state index >= 15 is 0 Å². The zero-order valence-corrected chi connectivity index (χ0v) is 23.2. The Kier molecular flexibility index (Phi) is 5.02. The molecule has 9 aromatic rings. The zero-order valence-electron chi connectivity index (χ0n) is 23.2. The van der Waals surface area contributed by atoms with E-state index in [0.29, 0.717) is 5.52 Å². The molecule has 0 N–H and O–H groups in total. The molecule has 6 aromatic carbocycles. The predicted molar refractivity (Wildman–Crippen MR) is 178 cm³/mol. The van der Waals surface area contributed by atoms with Crippen LogP contribution in [0.5, 0.6) is 0 Å². The Labute approximate surface area is 246 Å². The van der Waals surface area contributed by atoms with E-state index in [1.807, 2.05) is 71.3 Å². The van der Waals surface area contributed by atoms with Crippen molar-refractivity contribution in [2.24, 2.45) is 0 Å². The number of para-hydroxylation sites is 5. The molecule has 0 spiro atoms. The maximum Gasteiger partial charge on any atom is 0.280 e. The van der Waals surface area contributed by atoms with Gasteiger partial charge in [-0.25, -0.2) is 0 Å². The summed E-state index contributed by atoms with van der Waals surface area (Å²) in [6, 6.07) is 52.1. The minimum atomic E-state index is -0.0413. The maximum atomic E-state index is 14.8. The van der Waals surface area contributed by atoms with Crippen molar-refractivity contribution in [1.29, 1.82) is 0 Å². The third-order valence-corrected chi connectivity index (χ3v) is 8.62. The summed E-state index contributed by atoms with van der Waals surface area (Å²) in [4.78, 5) is 14.8. The Morgan fingerprint density at radius 1 is 0.395 bits per heavy atom. The molecule has 0 aliphatic carbocycles. The molecule has 43 heavy (non-hydrogen) atoms. The number of fused-ring (bicyclic) bond motifs is 8. The van der Waals surface area contributed by atoms with Crippen molar-refractivity contribution in [3.63, 3.8) is 0 Å². The van der Waals surface area contributed by atoms with Gasteiger partial charge in [-0.2, -0.15) is 0 Å². The molecule has 0 aliphatic rings. The fraction of sp³-hybridized carbons (Fsp3) is 0. The first-order valence-electron chi connectivity index (χ1n) is 14.5. The van der Waals surface area contributed by atoms with Gasteiger partial charge in [0.05, 0.1) is 27.6 Å². The number of aromatic nitrogens is 3. The average Bonchev–Trinajstić information content (AvgIpc) is 3.58. The summed E-state index contributed by atoms with van der Waals surface area (Å²) in [5.41, 5.74) is 9.69. The molecule has 0 atom stereocenters. The van der Waals surface area contributed by atoms with Gasteiger partial charge in [0.1, 0.15) is 5.52 Å². The van der Waals surface area contributed by atoms with Crippen molar-refractivity contribution in [1.82, 2.24) is 13.5 Å². The van der Waals surface area contributed by atoms with Crippen LogP contribution in [0.15, 0.2) is 156 Å². The number of rotatable bonds is 3. The van der Waals surface area contributed by atoms with Crippen LogP contribution in [0.4, 0.5) is 0 Å². The van der Waals surface area contributed by atoms with Crippen LogP contribution in [0.3, 0.4) is 0 Å². The van der Waals surface area contributed by atoms with Crippen molar-refractivity contribution < 1.29 is 0 Å². The summed E-state index contributed by atoms with van der Waals surface area (Å²) < 4.78 is 6.37. The number of nitrogens with zero attached hydrogens (tertiary/aromatic N) is 3. The predicted octanol–water partition coefficient (Wildman–Crippen LogP) is 9.16. The van der Waals surface area contributed by atoms with E-state index in [1.165, 1.54) is 5.39 Å². The van der Waals surface area contributed by atoms with Gasteiger partial charge in [-0.15, -0.1) is 0 Å².